The fraction of sp³-hybridized carbons (Fsp3) is 0.750. The zero-order valence-electron chi connectivity index (χ0n) is 9.08. The largest absolute Gasteiger partial charge is 0.296 e. The van der Waals surface area contributed by atoms with Crippen LogP contribution in [0.3, 0.4) is 0 Å². The van der Waals surface area contributed by atoms with Crippen LogP contribution in [0, 0.1) is 23.3 Å². The maximum atomic E-state index is 8.85. The van der Waals surface area contributed by atoms with Gasteiger partial charge in [-0.15, -0.1) is 0 Å². The minimum absolute atomic E-state index is 0.192. The van der Waals surface area contributed by atoms with Gasteiger partial charge in [-0.1, -0.05) is 11.8 Å². The van der Waals surface area contributed by atoms with Gasteiger partial charge in [-0.05, 0) is 38.8 Å². The Morgan fingerprint density at radius 2 is 1.93 bits per heavy atom. The summed E-state index contributed by atoms with van der Waals surface area (Å²) in [5.74, 6) is 6.44. The average molecular weight is 203 g/mol. The molecule has 1 atom stereocenters. The fourth-order valence-corrected chi connectivity index (χ4v) is 2.25. The summed E-state index contributed by atoms with van der Waals surface area (Å²) in [6.07, 6.45) is 7.00. The zero-order valence-corrected chi connectivity index (χ0v) is 9.08. The molecule has 2 heterocycles. The lowest BCUT2D eigenvalue weighted by molar-refractivity contribution is 0.382. The summed E-state index contributed by atoms with van der Waals surface area (Å²) < 4.78 is 0. The van der Waals surface area contributed by atoms with E-state index in [2.05, 4.69) is 22.9 Å². The summed E-state index contributed by atoms with van der Waals surface area (Å²) in [6.45, 7) is 4.16. The van der Waals surface area contributed by atoms with Gasteiger partial charge in [-0.25, -0.2) is 0 Å². The van der Waals surface area contributed by atoms with Crippen molar-refractivity contribution in [3.8, 4) is 18.0 Å². The molecule has 0 radical (unpaired) electrons. The Kier molecular flexibility index (Phi) is 3.48. The summed E-state index contributed by atoms with van der Waals surface area (Å²) in [6, 6.07) is 0.192. The van der Waals surface area contributed by atoms with Crippen molar-refractivity contribution in [2.45, 2.75) is 31.7 Å². The molecule has 2 aliphatic rings. The Bertz CT molecular complexity index is 301. The first-order chi connectivity index (χ1) is 7.40. The van der Waals surface area contributed by atoms with Gasteiger partial charge in [0.05, 0.1) is 12.6 Å². The van der Waals surface area contributed by atoms with E-state index in [1.165, 1.54) is 25.9 Å². The molecule has 0 aromatic heterocycles. The van der Waals surface area contributed by atoms with Crippen LogP contribution >= 0.6 is 0 Å². The molecule has 0 aromatic rings. The fourth-order valence-electron chi connectivity index (χ4n) is 2.25. The molecule has 2 aliphatic heterocycles. The highest BCUT2D eigenvalue weighted by Crippen LogP contribution is 2.14. The highest BCUT2D eigenvalue weighted by Gasteiger charge is 2.20. The highest BCUT2D eigenvalue weighted by molar-refractivity contribution is 5.13. The standard InChI is InChI=1S/C12H17N3/c13-11-15-10-4-6-12(15)5-3-9-14-7-1-2-8-14/h12H,1-2,4,6-10H2. The highest BCUT2D eigenvalue weighted by atomic mass is 15.2. The van der Waals surface area contributed by atoms with E-state index in [9.17, 15) is 0 Å². The minimum atomic E-state index is 0.192. The van der Waals surface area contributed by atoms with Gasteiger partial charge >= 0.3 is 0 Å². The van der Waals surface area contributed by atoms with Crippen molar-refractivity contribution in [1.29, 1.82) is 5.26 Å². The van der Waals surface area contributed by atoms with Crippen LogP contribution in [0.15, 0.2) is 0 Å². The molecule has 0 bridgehead atoms. The maximum absolute atomic E-state index is 8.85. The van der Waals surface area contributed by atoms with Crippen molar-refractivity contribution < 1.29 is 0 Å². The van der Waals surface area contributed by atoms with Crippen molar-refractivity contribution in [2.75, 3.05) is 26.2 Å². The van der Waals surface area contributed by atoms with Crippen LogP contribution in [0.4, 0.5) is 0 Å². The number of nitrogens with zero attached hydrogens (tertiary/aromatic N) is 3. The van der Waals surface area contributed by atoms with Gasteiger partial charge in [-0.2, -0.15) is 5.26 Å². The summed E-state index contributed by atoms with van der Waals surface area (Å²) >= 11 is 0. The number of rotatable bonds is 1. The van der Waals surface area contributed by atoms with Crippen LogP contribution in [-0.4, -0.2) is 42.0 Å². The van der Waals surface area contributed by atoms with Crippen LogP contribution in [0.25, 0.3) is 0 Å². The smallest absolute Gasteiger partial charge is 0.180 e. The van der Waals surface area contributed by atoms with Crippen molar-refractivity contribution in [3.63, 3.8) is 0 Å². The average Bonchev–Trinajstić information content (AvgIpc) is 2.88. The first-order valence-electron chi connectivity index (χ1n) is 5.77. The van der Waals surface area contributed by atoms with Gasteiger partial charge in [0.15, 0.2) is 6.19 Å². The summed E-state index contributed by atoms with van der Waals surface area (Å²) in [5, 5.41) is 8.85. The Morgan fingerprint density at radius 3 is 2.67 bits per heavy atom. The van der Waals surface area contributed by atoms with E-state index in [1.54, 1.807) is 4.90 Å². The predicted octanol–water partition coefficient (Wildman–Crippen LogP) is 1.03. The topological polar surface area (TPSA) is 30.3 Å². The molecule has 0 saturated carbocycles. The quantitative estimate of drug-likeness (QED) is 0.471. The van der Waals surface area contributed by atoms with Gasteiger partial charge < -0.3 is 0 Å². The normalized spacial score (nSPS) is 26.1. The zero-order chi connectivity index (χ0) is 10.5. The van der Waals surface area contributed by atoms with Crippen molar-refractivity contribution in [2.24, 2.45) is 0 Å². The molecule has 0 aromatic carbocycles. The van der Waals surface area contributed by atoms with Crippen molar-refractivity contribution in [3.05, 3.63) is 0 Å². The van der Waals surface area contributed by atoms with Crippen LogP contribution in [-0.2, 0) is 0 Å². The molecule has 1 unspecified atom stereocenters. The van der Waals surface area contributed by atoms with Gasteiger partial charge in [0.2, 0.25) is 0 Å². The molecule has 3 nitrogen and oxygen atoms in total. The maximum Gasteiger partial charge on any atom is 0.180 e. The van der Waals surface area contributed by atoms with E-state index in [0.717, 1.165) is 25.9 Å². The second-order valence-corrected chi connectivity index (χ2v) is 4.26. The Hall–Kier alpha value is -1.19. The van der Waals surface area contributed by atoms with E-state index in [1.807, 2.05) is 0 Å². The molecule has 80 valence electrons. The van der Waals surface area contributed by atoms with E-state index < -0.39 is 0 Å². The molecule has 0 aliphatic carbocycles. The van der Waals surface area contributed by atoms with Crippen LogP contribution < -0.4 is 0 Å². The van der Waals surface area contributed by atoms with E-state index in [4.69, 9.17) is 5.26 Å². The van der Waals surface area contributed by atoms with Gasteiger partial charge in [-0.3, -0.25) is 9.80 Å². The molecule has 0 spiro atoms. The van der Waals surface area contributed by atoms with Gasteiger partial charge in [0, 0.05) is 6.54 Å². The molecule has 0 amide bonds. The number of nitriles is 1. The van der Waals surface area contributed by atoms with Crippen molar-refractivity contribution >= 4 is 0 Å². The number of hydrogen-bond acceptors (Lipinski definition) is 3. The number of hydrogen-bond donors (Lipinski definition) is 0. The van der Waals surface area contributed by atoms with Crippen LogP contribution in [0.1, 0.15) is 25.7 Å². The lowest BCUT2D eigenvalue weighted by atomic mass is 10.2. The molecule has 2 saturated heterocycles. The third kappa shape index (κ3) is 2.64. The molecule has 0 N–H and O–H groups in total. The molecular weight excluding hydrogens is 186 g/mol. The molecule has 3 heteroatoms. The lowest BCUT2D eigenvalue weighted by Gasteiger charge is -2.12. The number of likely N-dealkylation sites (tertiary alicyclic amines) is 2. The Labute approximate surface area is 91.7 Å². The third-order valence-electron chi connectivity index (χ3n) is 3.15. The SMILES string of the molecule is N#CN1CCCC1C#CCN1CCCC1. The van der Waals surface area contributed by atoms with Crippen LogP contribution in [0.2, 0.25) is 0 Å². The van der Waals surface area contributed by atoms with Gasteiger partial charge in [0.1, 0.15) is 0 Å². The van der Waals surface area contributed by atoms with E-state index in [-0.39, 0.29) is 6.04 Å². The molecular formula is C12H17N3. The molecule has 15 heavy (non-hydrogen) atoms. The minimum Gasteiger partial charge on any atom is -0.296 e. The Morgan fingerprint density at radius 1 is 1.13 bits per heavy atom. The van der Waals surface area contributed by atoms with Crippen LogP contribution in [0.5, 0.6) is 0 Å². The Balaban J connectivity index is 1.80. The molecule has 2 rings (SSSR count). The first-order valence-corrected chi connectivity index (χ1v) is 5.77. The lowest BCUT2D eigenvalue weighted by Crippen LogP contribution is -2.23. The second-order valence-electron chi connectivity index (χ2n) is 4.26. The molecule has 2 fully saturated rings. The van der Waals surface area contributed by atoms with Crippen molar-refractivity contribution in [1.82, 2.24) is 9.80 Å². The summed E-state index contributed by atoms with van der Waals surface area (Å²) in [4.78, 5) is 4.19. The second kappa shape index (κ2) is 5.05. The first kappa shape index (κ1) is 10.3. The third-order valence-corrected chi connectivity index (χ3v) is 3.15. The summed E-state index contributed by atoms with van der Waals surface area (Å²) in [5.41, 5.74) is 0. The van der Waals surface area contributed by atoms with Gasteiger partial charge in [0.25, 0.3) is 0 Å². The summed E-state index contributed by atoms with van der Waals surface area (Å²) in [7, 11) is 0. The predicted molar refractivity (Wildman–Crippen MR) is 58.8 cm³/mol. The van der Waals surface area contributed by atoms with E-state index in [0.29, 0.717) is 0 Å². The monoisotopic (exact) mass is 203 g/mol. The van der Waals surface area contributed by atoms with E-state index >= 15 is 0 Å².